The van der Waals surface area contributed by atoms with Gasteiger partial charge in [0.2, 0.25) is 0 Å². The summed E-state index contributed by atoms with van der Waals surface area (Å²) in [6, 6.07) is 7.76. The first-order valence-electron chi connectivity index (χ1n) is 9.64. The number of aryl methyl sites for hydroxylation is 2. The minimum absolute atomic E-state index is 0.115. The summed E-state index contributed by atoms with van der Waals surface area (Å²) in [5.41, 5.74) is 2.75. The first-order valence-corrected chi connectivity index (χ1v) is 11.7. The second-order valence-corrected chi connectivity index (χ2v) is 9.46. The Kier molecular flexibility index (Phi) is 5.18. The summed E-state index contributed by atoms with van der Waals surface area (Å²) in [6.45, 7) is 0. The largest absolute Gasteiger partial charge is 0.497 e. The lowest BCUT2D eigenvalue weighted by molar-refractivity contribution is 0.415. The molecule has 0 fully saturated rings. The predicted octanol–water partition coefficient (Wildman–Crippen LogP) is 5.73. The molecule has 3 aromatic heterocycles. The molecule has 1 aliphatic rings. The smallest absolute Gasteiger partial charge is 0.260 e. The summed E-state index contributed by atoms with van der Waals surface area (Å²) < 4.78 is 5.28. The van der Waals surface area contributed by atoms with Crippen molar-refractivity contribution < 1.29 is 4.74 Å². The van der Waals surface area contributed by atoms with Crippen molar-refractivity contribution in [3.05, 3.63) is 62.0 Å². The van der Waals surface area contributed by atoms with Gasteiger partial charge >= 0.3 is 0 Å². The molecule has 0 spiro atoms. The Labute approximate surface area is 186 Å². The van der Waals surface area contributed by atoms with Crippen LogP contribution >= 0.6 is 34.3 Å². The van der Waals surface area contributed by atoms with Crippen LogP contribution in [0.1, 0.15) is 34.8 Å². The van der Waals surface area contributed by atoms with E-state index in [9.17, 15) is 4.79 Å². The van der Waals surface area contributed by atoms with Crippen LogP contribution in [0, 0.1) is 0 Å². The number of methoxy groups -OCH3 is 1. The zero-order valence-electron chi connectivity index (χ0n) is 16.2. The fourth-order valence-corrected chi connectivity index (χ4v) is 5.95. The Morgan fingerprint density at radius 1 is 1.27 bits per heavy atom. The summed E-state index contributed by atoms with van der Waals surface area (Å²) in [7, 11) is 1.64. The Morgan fingerprint density at radius 2 is 2.13 bits per heavy atom. The highest BCUT2D eigenvalue weighted by Gasteiger charge is 2.20. The first kappa shape index (κ1) is 19.5. The van der Waals surface area contributed by atoms with Crippen molar-refractivity contribution in [1.29, 1.82) is 0 Å². The van der Waals surface area contributed by atoms with Crippen LogP contribution < -0.4 is 10.3 Å². The lowest BCUT2D eigenvalue weighted by Crippen LogP contribution is -2.12. The van der Waals surface area contributed by atoms with E-state index in [0.717, 1.165) is 51.5 Å². The van der Waals surface area contributed by atoms with Gasteiger partial charge in [-0.1, -0.05) is 23.7 Å². The number of benzene rings is 1. The molecule has 1 N–H and O–H groups in total. The molecule has 0 amide bonds. The summed E-state index contributed by atoms with van der Waals surface area (Å²) in [4.78, 5) is 26.9. The lowest BCUT2D eigenvalue weighted by atomic mass is 9.97. The van der Waals surface area contributed by atoms with Crippen LogP contribution in [0.3, 0.4) is 0 Å². The molecule has 0 atom stereocenters. The number of aromatic nitrogens is 3. The fourth-order valence-electron chi connectivity index (χ4n) is 3.72. The van der Waals surface area contributed by atoms with Gasteiger partial charge in [0.1, 0.15) is 15.6 Å². The number of H-pyrrole nitrogens is 1. The molecule has 0 saturated carbocycles. The van der Waals surface area contributed by atoms with E-state index in [1.165, 1.54) is 28.2 Å². The maximum absolute atomic E-state index is 12.7. The van der Waals surface area contributed by atoms with Gasteiger partial charge in [-0.25, -0.2) is 9.97 Å². The van der Waals surface area contributed by atoms with E-state index in [1.54, 1.807) is 24.5 Å². The van der Waals surface area contributed by atoms with Crippen LogP contribution in [0.15, 0.2) is 34.4 Å². The third-order valence-electron chi connectivity index (χ3n) is 5.16. The monoisotopic (exact) mass is 455 g/mol. The van der Waals surface area contributed by atoms with Crippen molar-refractivity contribution in [3.8, 4) is 16.3 Å². The number of thiazole rings is 1. The molecule has 5 nitrogen and oxygen atoms in total. The minimum atomic E-state index is -0.115. The normalized spacial score (nSPS) is 14.1. The topological polar surface area (TPSA) is 67.9 Å². The van der Waals surface area contributed by atoms with Crippen molar-refractivity contribution in [2.24, 2.45) is 0 Å². The highest BCUT2D eigenvalue weighted by molar-refractivity contribution is 7.18. The fraction of sp³-hybridized carbons (Fsp3) is 0.227. The number of nitrogens with zero attached hydrogens (tertiary/aromatic N) is 2. The van der Waals surface area contributed by atoms with Crippen molar-refractivity contribution in [2.75, 3.05) is 7.11 Å². The molecule has 0 aliphatic heterocycles. The minimum Gasteiger partial charge on any atom is -0.497 e. The maximum atomic E-state index is 12.7. The van der Waals surface area contributed by atoms with E-state index in [4.69, 9.17) is 16.3 Å². The van der Waals surface area contributed by atoms with Crippen LogP contribution in [0.5, 0.6) is 5.75 Å². The van der Waals surface area contributed by atoms with Gasteiger partial charge in [-0.2, -0.15) is 0 Å². The SMILES string of the molecule is COc1cccc(-c2nc(/C=C(\Cl)c3nc4sc5c(c4c(=O)[nH]3)CCCC5)cs2)c1. The van der Waals surface area contributed by atoms with Gasteiger partial charge in [0.15, 0.2) is 5.82 Å². The number of fused-ring (bicyclic) bond motifs is 3. The van der Waals surface area contributed by atoms with Gasteiger partial charge in [-0.15, -0.1) is 22.7 Å². The number of hydrogen-bond acceptors (Lipinski definition) is 6. The number of aromatic amines is 1. The van der Waals surface area contributed by atoms with E-state index in [0.29, 0.717) is 10.9 Å². The quantitative estimate of drug-likeness (QED) is 0.426. The molecular weight excluding hydrogens is 438 g/mol. The van der Waals surface area contributed by atoms with Crippen molar-refractivity contribution in [1.82, 2.24) is 15.0 Å². The number of thiophene rings is 1. The second kappa shape index (κ2) is 7.98. The highest BCUT2D eigenvalue weighted by Crippen LogP contribution is 2.34. The van der Waals surface area contributed by atoms with E-state index in [1.807, 2.05) is 29.6 Å². The van der Waals surface area contributed by atoms with Crippen molar-refractivity contribution >= 4 is 55.6 Å². The van der Waals surface area contributed by atoms with Gasteiger partial charge in [0, 0.05) is 15.8 Å². The first-order chi connectivity index (χ1) is 14.6. The van der Waals surface area contributed by atoms with Crippen LogP contribution in [0.4, 0.5) is 0 Å². The standard InChI is InChI=1S/C22H18ClN3O2S2/c1-28-14-6-4-5-12(9-14)21-24-13(11-29-21)10-16(23)19-25-20(27)18-15-7-2-3-8-17(15)30-22(18)26-19/h4-6,9-11H,2-3,7-8H2,1H3,(H,25,26,27)/b16-10-. The van der Waals surface area contributed by atoms with E-state index in [-0.39, 0.29) is 5.56 Å². The van der Waals surface area contributed by atoms with E-state index < -0.39 is 0 Å². The zero-order valence-corrected chi connectivity index (χ0v) is 18.6. The Morgan fingerprint density at radius 3 is 3.00 bits per heavy atom. The molecule has 0 radical (unpaired) electrons. The van der Waals surface area contributed by atoms with Gasteiger partial charge in [-0.05, 0) is 49.5 Å². The molecule has 1 aromatic carbocycles. The van der Waals surface area contributed by atoms with Gasteiger partial charge in [0.25, 0.3) is 5.56 Å². The number of halogens is 1. The van der Waals surface area contributed by atoms with Crippen molar-refractivity contribution in [2.45, 2.75) is 25.7 Å². The number of ether oxygens (including phenoxy) is 1. The molecule has 0 bridgehead atoms. The average molecular weight is 456 g/mol. The molecule has 152 valence electrons. The molecule has 1 aliphatic carbocycles. The van der Waals surface area contributed by atoms with E-state index >= 15 is 0 Å². The summed E-state index contributed by atoms with van der Waals surface area (Å²) in [6.07, 6.45) is 6.01. The molecular formula is C22H18ClN3O2S2. The van der Waals surface area contributed by atoms with Gasteiger partial charge in [0.05, 0.1) is 23.2 Å². The predicted molar refractivity (Wildman–Crippen MR) is 125 cm³/mol. The summed E-state index contributed by atoms with van der Waals surface area (Å²) >= 11 is 9.66. The second-order valence-electron chi connectivity index (χ2n) is 7.11. The summed E-state index contributed by atoms with van der Waals surface area (Å²) in [5, 5.41) is 3.89. The molecule has 0 saturated heterocycles. The number of hydrogen-bond donors (Lipinski definition) is 1. The molecule has 30 heavy (non-hydrogen) atoms. The summed E-state index contributed by atoms with van der Waals surface area (Å²) in [5.74, 6) is 1.16. The molecule has 0 unspecified atom stereocenters. The molecule has 5 rings (SSSR count). The maximum Gasteiger partial charge on any atom is 0.260 e. The number of rotatable bonds is 4. The van der Waals surface area contributed by atoms with Crippen LogP contribution in [-0.2, 0) is 12.8 Å². The van der Waals surface area contributed by atoms with Gasteiger partial charge < -0.3 is 9.72 Å². The Bertz CT molecular complexity index is 1340. The zero-order chi connectivity index (χ0) is 20.7. The molecule has 4 aromatic rings. The van der Waals surface area contributed by atoms with Crippen molar-refractivity contribution in [3.63, 3.8) is 0 Å². The number of nitrogens with one attached hydrogen (secondary N) is 1. The third kappa shape index (κ3) is 3.57. The van der Waals surface area contributed by atoms with Crippen LogP contribution in [-0.4, -0.2) is 22.1 Å². The lowest BCUT2D eigenvalue weighted by Gasteiger charge is -2.09. The molecule has 3 heterocycles. The third-order valence-corrected chi connectivity index (χ3v) is 7.55. The van der Waals surface area contributed by atoms with Crippen LogP contribution in [0.25, 0.3) is 31.9 Å². The Balaban J connectivity index is 1.49. The average Bonchev–Trinajstić information content (AvgIpc) is 3.38. The van der Waals surface area contributed by atoms with Crippen LogP contribution in [0.2, 0.25) is 0 Å². The van der Waals surface area contributed by atoms with E-state index in [2.05, 4.69) is 15.0 Å². The highest BCUT2D eigenvalue weighted by atomic mass is 35.5. The van der Waals surface area contributed by atoms with Gasteiger partial charge in [-0.3, -0.25) is 4.79 Å². The molecule has 8 heteroatoms. The Hall–Kier alpha value is -2.48.